The minimum absolute atomic E-state index is 0.142. The summed E-state index contributed by atoms with van der Waals surface area (Å²) in [6, 6.07) is 1.96. The second-order valence-corrected chi connectivity index (χ2v) is 6.99. The van der Waals surface area contributed by atoms with E-state index in [1.54, 1.807) is 0 Å². The van der Waals surface area contributed by atoms with Gasteiger partial charge in [-0.25, -0.2) is 4.98 Å². The average molecular weight is 326 g/mol. The van der Waals surface area contributed by atoms with Gasteiger partial charge in [-0.2, -0.15) is 9.61 Å². The lowest BCUT2D eigenvalue weighted by molar-refractivity contribution is -0.139. The molecule has 7 nitrogen and oxygen atoms in total. The Labute approximate surface area is 140 Å². The van der Waals surface area contributed by atoms with Gasteiger partial charge in [0.15, 0.2) is 5.65 Å². The number of fused-ring (bicyclic) bond motifs is 2. The molecule has 2 aromatic rings. The molecule has 0 unspecified atom stereocenters. The third-order valence-electron chi connectivity index (χ3n) is 5.48. The van der Waals surface area contributed by atoms with Gasteiger partial charge in [-0.05, 0) is 19.4 Å². The molecule has 2 saturated heterocycles. The maximum Gasteiger partial charge on any atom is 0.229 e. The van der Waals surface area contributed by atoms with Gasteiger partial charge in [0, 0.05) is 50.8 Å². The Morgan fingerprint density at radius 3 is 2.83 bits per heavy atom. The van der Waals surface area contributed by atoms with E-state index in [9.17, 15) is 4.79 Å². The standard InChI is InChI=1S/C17H22N6O/c24-17(21-8-1-9-21)12-10-22(11-12)16-13-2-5-18-6-3-14(13)20-15-4-7-19-23(15)16/h4,7,12,18H,1-3,5-6,8-11H2. The van der Waals surface area contributed by atoms with Gasteiger partial charge in [-0.1, -0.05) is 0 Å². The molecule has 1 N–H and O–H groups in total. The van der Waals surface area contributed by atoms with Gasteiger partial charge < -0.3 is 15.1 Å². The van der Waals surface area contributed by atoms with E-state index in [-0.39, 0.29) is 5.92 Å². The van der Waals surface area contributed by atoms with E-state index in [4.69, 9.17) is 4.98 Å². The monoisotopic (exact) mass is 326 g/mol. The number of amides is 1. The van der Waals surface area contributed by atoms with Crippen molar-refractivity contribution in [1.29, 1.82) is 0 Å². The highest BCUT2D eigenvalue weighted by molar-refractivity contribution is 5.82. The summed E-state index contributed by atoms with van der Waals surface area (Å²) in [6.07, 6.45) is 4.88. The molecule has 0 aromatic carbocycles. The van der Waals surface area contributed by atoms with Crippen LogP contribution in [0.1, 0.15) is 17.7 Å². The normalized spacial score (nSPS) is 21.2. The van der Waals surface area contributed by atoms with E-state index >= 15 is 0 Å². The predicted octanol–water partition coefficient (Wildman–Crippen LogP) is 0.0860. The third-order valence-corrected chi connectivity index (χ3v) is 5.48. The molecule has 0 spiro atoms. The summed E-state index contributed by atoms with van der Waals surface area (Å²) >= 11 is 0. The number of likely N-dealkylation sites (tertiary alicyclic amines) is 1. The molecule has 0 aliphatic carbocycles. The molecule has 24 heavy (non-hydrogen) atoms. The smallest absolute Gasteiger partial charge is 0.229 e. The summed E-state index contributed by atoms with van der Waals surface area (Å²) in [5.74, 6) is 1.62. The lowest BCUT2D eigenvalue weighted by atomic mass is 9.95. The van der Waals surface area contributed by atoms with E-state index in [0.717, 1.165) is 70.0 Å². The summed E-state index contributed by atoms with van der Waals surface area (Å²) in [7, 11) is 0. The zero-order valence-electron chi connectivity index (χ0n) is 13.7. The van der Waals surface area contributed by atoms with Gasteiger partial charge in [0.2, 0.25) is 5.91 Å². The first kappa shape index (κ1) is 14.2. The van der Waals surface area contributed by atoms with E-state index in [0.29, 0.717) is 5.91 Å². The van der Waals surface area contributed by atoms with Crippen LogP contribution in [0.3, 0.4) is 0 Å². The zero-order valence-corrected chi connectivity index (χ0v) is 13.7. The molecule has 1 amide bonds. The number of hydrogen-bond acceptors (Lipinski definition) is 5. The molecule has 0 radical (unpaired) electrons. The lowest BCUT2D eigenvalue weighted by Gasteiger charge is -2.44. The van der Waals surface area contributed by atoms with Crippen LogP contribution in [0, 0.1) is 5.92 Å². The Morgan fingerprint density at radius 1 is 1.21 bits per heavy atom. The quantitative estimate of drug-likeness (QED) is 0.847. The van der Waals surface area contributed by atoms with Gasteiger partial charge in [0.05, 0.1) is 17.8 Å². The second-order valence-electron chi connectivity index (χ2n) is 6.99. The fourth-order valence-corrected chi connectivity index (χ4v) is 3.94. The van der Waals surface area contributed by atoms with Crippen LogP contribution in [-0.4, -0.2) is 64.7 Å². The number of carbonyl (C=O) groups is 1. The first-order chi connectivity index (χ1) is 11.8. The van der Waals surface area contributed by atoms with Gasteiger partial charge in [-0.3, -0.25) is 4.79 Å². The molecule has 3 aliphatic heterocycles. The van der Waals surface area contributed by atoms with Gasteiger partial charge >= 0.3 is 0 Å². The molecule has 0 bridgehead atoms. The molecule has 2 fully saturated rings. The second kappa shape index (κ2) is 5.44. The summed E-state index contributed by atoms with van der Waals surface area (Å²) < 4.78 is 1.95. The summed E-state index contributed by atoms with van der Waals surface area (Å²) in [5.41, 5.74) is 3.38. The SMILES string of the molecule is O=C(C1CN(c2c3c(nc4ccnn24)CCNCC3)C1)N1CCC1. The molecule has 5 rings (SSSR count). The molecule has 3 aliphatic rings. The maximum atomic E-state index is 12.4. The van der Waals surface area contributed by atoms with Crippen molar-refractivity contribution in [2.45, 2.75) is 19.3 Å². The summed E-state index contributed by atoms with van der Waals surface area (Å²) in [5, 5.41) is 7.94. The minimum Gasteiger partial charge on any atom is -0.354 e. The fourth-order valence-electron chi connectivity index (χ4n) is 3.94. The number of rotatable bonds is 2. The average Bonchev–Trinajstić information content (AvgIpc) is 2.80. The van der Waals surface area contributed by atoms with Crippen LogP contribution in [-0.2, 0) is 17.6 Å². The highest BCUT2D eigenvalue weighted by Crippen LogP contribution is 2.32. The van der Waals surface area contributed by atoms with Crippen molar-refractivity contribution in [2.24, 2.45) is 5.92 Å². The highest BCUT2D eigenvalue weighted by atomic mass is 16.2. The molecule has 126 valence electrons. The Hall–Kier alpha value is -2.15. The van der Waals surface area contributed by atoms with Crippen molar-refractivity contribution in [1.82, 2.24) is 24.8 Å². The molecule has 5 heterocycles. The van der Waals surface area contributed by atoms with Crippen molar-refractivity contribution < 1.29 is 4.79 Å². The van der Waals surface area contributed by atoms with Crippen LogP contribution in [0.2, 0.25) is 0 Å². The molecular weight excluding hydrogens is 304 g/mol. The number of aromatic nitrogens is 3. The number of carbonyl (C=O) groups excluding carboxylic acids is 1. The van der Waals surface area contributed by atoms with Gasteiger partial charge in [0.25, 0.3) is 0 Å². The van der Waals surface area contributed by atoms with Crippen LogP contribution < -0.4 is 10.2 Å². The van der Waals surface area contributed by atoms with E-state index in [1.165, 1.54) is 11.3 Å². The zero-order chi connectivity index (χ0) is 16.1. The Morgan fingerprint density at radius 2 is 2.04 bits per heavy atom. The van der Waals surface area contributed by atoms with E-state index in [1.807, 2.05) is 21.7 Å². The maximum absolute atomic E-state index is 12.4. The molecule has 2 aromatic heterocycles. The number of nitrogens with one attached hydrogen (secondary N) is 1. The van der Waals surface area contributed by atoms with Crippen LogP contribution in [0.4, 0.5) is 5.82 Å². The summed E-state index contributed by atoms with van der Waals surface area (Å²) in [4.78, 5) is 21.5. The van der Waals surface area contributed by atoms with Gasteiger partial charge in [-0.15, -0.1) is 0 Å². The van der Waals surface area contributed by atoms with Crippen LogP contribution in [0.5, 0.6) is 0 Å². The molecule has 7 heteroatoms. The molecule has 0 atom stereocenters. The van der Waals surface area contributed by atoms with Crippen molar-refractivity contribution >= 4 is 17.4 Å². The van der Waals surface area contributed by atoms with Gasteiger partial charge in [0.1, 0.15) is 5.82 Å². The largest absolute Gasteiger partial charge is 0.354 e. The molecular formula is C17H22N6O. The Kier molecular flexibility index (Phi) is 3.22. The first-order valence-electron chi connectivity index (χ1n) is 8.91. The van der Waals surface area contributed by atoms with Crippen LogP contribution in [0.15, 0.2) is 12.3 Å². The fraction of sp³-hybridized carbons (Fsp3) is 0.588. The lowest BCUT2D eigenvalue weighted by Crippen LogP contribution is -2.57. The van der Waals surface area contributed by atoms with E-state index < -0.39 is 0 Å². The van der Waals surface area contributed by atoms with Crippen molar-refractivity contribution in [3.05, 3.63) is 23.5 Å². The van der Waals surface area contributed by atoms with E-state index in [2.05, 4.69) is 15.3 Å². The number of anilines is 1. The molecule has 0 saturated carbocycles. The topological polar surface area (TPSA) is 65.8 Å². The van der Waals surface area contributed by atoms with Crippen molar-refractivity contribution in [2.75, 3.05) is 44.2 Å². The van der Waals surface area contributed by atoms with Crippen LogP contribution >= 0.6 is 0 Å². The predicted molar refractivity (Wildman–Crippen MR) is 90.2 cm³/mol. The Balaban J connectivity index is 1.47. The summed E-state index contributed by atoms with van der Waals surface area (Å²) in [6.45, 7) is 5.42. The van der Waals surface area contributed by atoms with Crippen molar-refractivity contribution in [3.8, 4) is 0 Å². The first-order valence-corrected chi connectivity index (χ1v) is 8.91. The number of hydrogen-bond donors (Lipinski definition) is 1. The van der Waals surface area contributed by atoms with Crippen molar-refractivity contribution in [3.63, 3.8) is 0 Å². The third kappa shape index (κ3) is 2.11. The number of nitrogens with zero attached hydrogens (tertiary/aromatic N) is 5. The Bertz CT molecular complexity index is 790. The van der Waals surface area contributed by atoms with Crippen LogP contribution in [0.25, 0.3) is 5.65 Å². The minimum atomic E-state index is 0.142. The highest BCUT2D eigenvalue weighted by Gasteiger charge is 2.39.